The van der Waals surface area contributed by atoms with Gasteiger partial charge in [-0.1, -0.05) is 0 Å². The third-order valence-corrected chi connectivity index (χ3v) is 4.11. The monoisotopic (exact) mass is 288 g/mol. The van der Waals surface area contributed by atoms with Gasteiger partial charge in [0.05, 0.1) is 5.52 Å². The summed E-state index contributed by atoms with van der Waals surface area (Å²) in [6.07, 6.45) is 0. The highest BCUT2D eigenvalue weighted by Gasteiger charge is 2.18. The molecule has 0 unspecified atom stereocenters. The molecule has 1 aliphatic rings. The van der Waals surface area contributed by atoms with Crippen molar-refractivity contribution in [3.8, 4) is 0 Å². The number of hydrogen-bond acceptors (Lipinski definition) is 4. The number of hydrogen-bond donors (Lipinski definition) is 1. The first kappa shape index (κ1) is 14.2. The number of aryl methyl sites for hydroxylation is 1. The van der Waals surface area contributed by atoms with E-state index in [4.69, 9.17) is 5.73 Å². The van der Waals surface area contributed by atoms with Gasteiger partial charge in [0, 0.05) is 44.7 Å². The van der Waals surface area contributed by atoms with Crippen molar-refractivity contribution in [2.75, 3.05) is 44.2 Å². The molecule has 0 spiro atoms. The lowest BCUT2D eigenvalue weighted by molar-refractivity contribution is 0.264. The molecule has 0 radical (unpaired) electrons. The molecule has 0 atom stereocenters. The summed E-state index contributed by atoms with van der Waals surface area (Å²) in [5.74, 6) is 0.773. The third kappa shape index (κ3) is 2.99. The zero-order chi connectivity index (χ0) is 14.8. The lowest BCUT2D eigenvalue weighted by atomic mass is 10.1. The molecule has 112 valence electrons. The zero-order valence-corrected chi connectivity index (χ0v) is 12.3. The third-order valence-electron chi connectivity index (χ3n) is 4.11. The predicted octanol–water partition coefficient (Wildman–Crippen LogP) is 1.76. The van der Waals surface area contributed by atoms with E-state index in [-0.39, 0.29) is 5.82 Å². The van der Waals surface area contributed by atoms with Crippen molar-refractivity contribution in [2.24, 2.45) is 5.73 Å². The highest BCUT2D eigenvalue weighted by Crippen LogP contribution is 2.24. The average Bonchev–Trinajstić information content (AvgIpc) is 2.49. The van der Waals surface area contributed by atoms with Crippen molar-refractivity contribution in [3.05, 3.63) is 35.6 Å². The van der Waals surface area contributed by atoms with Gasteiger partial charge in [-0.25, -0.2) is 9.37 Å². The van der Waals surface area contributed by atoms with E-state index >= 15 is 0 Å². The van der Waals surface area contributed by atoms with Gasteiger partial charge >= 0.3 is 0 Å². The summed E-state index contributed by atoms with van der Waals surface area (Å²) in [5.41, 5.74) is 7.53. The van der Waals surface area contributed by atoms with Crippen LogP contribution in [0.25, 0.3) is 10.9 Å². The van der Waals surface area contributed by atoms with Gasteiger partial charge in [0.2, 0.25) is 0 Å². The Balaban J connectivity index is 1.83. The number of piperazine rings is 1. The number of nitrogens with zero attached hydrogens (tertiary/aromatic N) is 3. The molecule has 1 aliphatic heterocycles. The molecule has 5 heteroatoms. The first-order valence-electron chi connectivity index (χ1n) is 7.41. The molecule has 2 N–H and O–H groups in total. The topological polar surface area (TPSA) is 45.4 Å². The van der Waals surface area contributed by atoms with E-state index in [1.165, 1.54) is 6.07 Å². The van der Waals surface area contributed by atoms with E-state index < -0.39 is 0 Å². The number of nitrogens with two attached hydrogens (primary N) is 1. The van der Waals surface area contributed by atoms with E-state index in [1.54, 1.807) is 12.1 Å². The molecule has 1 aromatic heterocycles. The van der Waals surface area contributed by atoms with Gasteiger partial charge in [-0.15, -0.1) is 0 Å². The van der Waals surface area contributed by atoms with Crippen LogP contribution in [0.1, 0.15) is 5.56 Å². The van der Waals surface area contributed by atoms with Crippen molar-refractivity contribution < 1.29 is 4.39 Å². The number of fused-ring (bicyclic) bond motifs is 1. The molecule has 1 fully saturated rings. The van der Waals surface area contributed by atoms with Gasteiger partial charge in [-0.3, -0.25) is 4.90 Å². The van der Waals surface area contributed by atoms with E-state index in [2.05, 4.69) is 20.9 Å². The Hall–Kier alpha value is -1.72. The molecule has 0 bridgehead atoms. The smallest absolute Gasteiger partial charge is 0.129 e. The number of benzene rings is 1. The summed E-state index contributed by atoms with van der Waals surface area (Å²) in [5, 5.41) is 0.889. The lowest BCUT2D eigenvalue weighted by Crippen LogP contribution is -2.48. The number of anilines is 1. The number of halogens is 1. The molecule has 0 saturated carbocycles. The molecule has 3 rings (SSSR count). The quantitative estimate of drug-likeness (QED) is 0.935. The van der Waals surface area contributed by atoms with Crippen molar-refractivity contribution in [3.63, 3.8) is 0 Å². The van der Waals surface area contributed by atoms with E-state index in [1.807, 2.05) is 6.92 Å². The van der Waals surface area contributed by atoms with Crippen molar-refractivity contribution in [1.82, 2.24) is 9.88 Å². The summed E-state index contributed by atoms with van der Waals surface area (Å²) >= 11 is 0. The van der Waals surface area contributed by atoms with Crippen LogP contribution in [-0.2, 0) is 0 Å². The summed E-state index contributed by atoms with van der Waals surface area (Å²) in [7, 11) is 0. The predicted molar refractivity (Wildman–Crippen MR) is 84.1 cm³/mol. The fourth-order valence-electron chi connectivity index (χ4n) is 2.89. The SMILES string of the molecule is Cc1cc(N2CCN(CCN)CC2)nc2ccc(F)cc12. The van der Waals surface area contributed by atoms with Crippen LogP contribution in [-0.4, -0.2) is 49.2 Å². The minimum absolute atomic E-state index is 0.212. The minimum Gasteiger partial charge on any atom is -0.354 e. The van der Waals surface area contributed by atoms with E-state index in [0.29, 0.717) is 6.54 Å². The molecule has 2 aromatic rings. The van der Waals surface area contributed by atoms with Crippen LogP contribution in [0.5, 0.6) is 0 Å². The Bertz CT molecular complexity index is 635. The Morgan fingerprint density at radius 3 is 2.67 bits per heavy atom. The standard InChI is InChI=1S/C16H21FN4/c1-12-10-16(19-15-3-2-13(17)11-14(12)15)21-8-6-20(5-4-18)7-9-21/h2-3,10-11H,4-9,18H2,1H3. The molecular formula is C16H21FN4. The molecule has 2 heterocycles. The largest absolute Gasteiger partial charge is 0.354 e. The Morgan fingerprint density at radius 2 is 1.95 bits per heavy atom. The molecular weight excluding hydrogens is 267 g/mol. The normalized spacial score (nSPS) is 16.6. The summed E-state index contributed by atoms with van der Waals surface area (Å²) in [6.45, 7) is 7.62. The summed E-state index contributed by atoms with van der Waals surface area (Å²) < 4.78 is 13.3. The summed E-state index contributed by atoms with van der Waals surface area (Å²) in [6, 6.07) is 6.84. The lowest BCUT2D eigenvalue weighted by Gasteiger charge is -2.35. The van der Waals surface area contributed by atoms with Crippen LogP contribution in [0.4, 0.5) is 10.2 Å². The highest BCUT2D eigenvalue weighted by atomic mass is 19.1. The molecule has 4 nitrogen and oxygen atoms in total. The average molecular weight is 288 g/mol. The summed E-state index contributed by atoms with van der Waals surface area (Å²) in [4.78, 5) is 9.36. The second-order valence-electron chi connectivity index (χ2n) is 5.58. The molecule has 0 amide bonds. The fourth-order valence-corrected chi connectivity index (χ4v) is 2.89. The molecule has 1 saturated heterocycles. The van der Waals surface area contributed by atoms with E-state index in [9.17, 15) is 4.39 Å². The van der Waals surface area contributed by atoms with Crippen molar-refractivity contribution in [2.45, 2.75) is 6.92 Å². The highest BCUT2D eigenvalue weighted by molar-refractivity contribution is 5.84. The van der Waals surface area contributed by atoms with Crippen LogP contribution < -0.4 is 10.6 Å². The van der Waals surface area contributed by atoms with Crippen molar-refractivity contribution in [1.29, 1.82) is 0 Å². The van der Waals surface area contributed by atoms with Crippen LogP contribution in [0, 0.1) is 12.7 Å². The maximum Gasteiger partial charge on any atom is 0.129 e. The number of rotatable bonds is 3. The van der Waals surface area contributed by atoms with Gasteiger partial charge in [-0.2, -0.15) is 0 Å². The van der Waals surface area contributed by atoms with Gasteiger partial charge in [0.15, 0.2) is 0 Å². The van der Waals surface area contributed by atoms with Gasteiger partial charge < -0.3 is 10.6 Å². The molecule has 21 heavy (non-hydrogen) atoms. The van der Waals surface area contributed by atoms with Crippen LogP contribution in [0.3, 0.4) is 0 Å². The Morgan fingerprint density at radius 1 is 1.19 bits per heavy atom. The van der Waals surface area contributed by atoms with Crippen LogP contribution in [0.2, 0.25) is 0 Å². The maximum atomic E-state index is 13.3. The van der Waals surface area contributed by atoms with Gasteiger partial charge in [0.25, 0.3) is 0 Å². The van der Waals surface area contributed by atoms with E-state index in [0.717, 1.165) is 55.0 Å². The minimum atomic E-state index is -0.212. The zero-order valence-electron chi connectivity index (χ0n) is 12.3. The number of pyridine rings is 1. The Labute approximate surface area is 124 Å². The first-order chi connectivity index (χ1) is 10.2. The van der Waals surface area contributed by atoms with Crippen LogP contribution >= 0.6 is 0 Å². The van der Waals surface area contributed by atoms with Crippen molar-refractivity contribution >= 4 is 16.7 Å². The fraction of sp³-hybridized carbons (Fsp3) is 0.438. The van der Waals surface area contributed by atoms with Gasteiger partial charge in [-0.05, 0) is 36.8 Å². The second-order valence-corrected chi connectivity index (χ2v) is 5.58. The first-order valence-corrected chi connectivity index (χ1v) is 7.41. The Kier molecular flexibility index (Phi) is 4.03. The maximum absolute atomic E-state index is 13.3. The molecule has 0 aliphatic carbocycles. The van der Waals surface area contributed by atoms with Crippen LogP contribution in [0.15, 0.2) is 24.3 Å². The molecule has 1 aromatic carbocycles. The van der Waals surface area contributed by atoms with Gasteiger partial charge in [0.1, 0.15) is 11.6 Å². The second kappa shape index (κ2) is 5.95. The number of aromatic nitrogens is 1.